The van der Waals surface area contributed by atoms with Crippen LogP contribution in [0, 0.1) is 0 Å². The van der Waals surface area contributed by atoms with Crippen molar-refractivity contribution >= 4 is 53.9 Å². The molecular weight excluding hydrogens is 637 g/mol. The third kappa shape index (κ3) is 4.36. The third-order valence-electron chi connectivity index (χ3n) is 12.0. The van der Waals surface area contributed by atoms with Gasteiger partial charge in [0.2, 0.25) is 0 Å². The summed E-state index contributed by atoms with van der Waals surface area (Å²) in [6.07, 6.45) is 0. The molecule has 10 aromatic rings. The van der Waals surface area contributed by atoms with Gasteiger partial charge in [0.05, 0.1) is 0 Å². The van der Waals surface area contributed by atoms with E-state index < -0.39 is 0 Å². The van der Waals surface area contributed by atoms with Gasteiger partial charge in [-0.25, -0.2) is 0 Å². The maximum atomic E-state index is 2.51. The molecule has 0 atom stereocenters. The molecule has 0 unspecified atom stereocenters. The standard InChI is InChI=1S/C53H36/c1-53(2)48-32-38(28-29-47(48)51-41-20-7-5-18-39(41)40-19-6-12-25-46(40)52(51)53)50-44-23-10-8-21-42(44)49(43-22-9-11-24-45(43)50)37-17-13-16-35(31-37)36-27-26-33-14-3-4-15-34(33)30-36/h3-32H,1-2H3. The average Bonchev–Trinajstić information content (AvgIpc) is 3.45. The van der Waals surface area contributed by atoms with E-state index in [0.717, 1.165) is 0 Å². The highest BCUT2D eigenvalue weighted by atomic mass is 14.4. The van der Waals surface area contributed by atoms with Crippen LogP contribution in [0.25, 0.3) is 98.4 Å². The fraction of sp³-hybridized carbons (Fsp3) is 0.0566. The van der Waals surface area contributed by atoms with Crippen molar-refractivity contribution in [1.29, 1.82) is 0 Å². The first kappa shape index (κ1) is 30.2. The zero-order chi connectivity index (χ0) is 35.3. The highest BCUT2D eigenvalue weighted by molar-refractivity contribution is 6.22. The molecule has 11 rings (SSSR count). The Kier molecular flexibility index (Phi) is 6.40. The van der Waals surface area contributed by atoms with Gasteiger partial charge in [-0.3, -0.25) is 0 Å². The van der Waals surface area contributed by atoms with Crippen molar-refractivity contribution in [1.82, 2.24) is 0 Å². The summed E-state index contributed by atoms with van der Waals surface area (Å²) in [7, 11) is 0. The van der Waals surface area contributed by atoms with Crippen LogP contribution in [0.3, 0.4) is 0 Å². The molecular formula is C53H36. The second kappa shape index (κ2) is 11.2. The van der Waals surface area contributed by atoms with Crippen molar-refractivity contribution in [2.24, 2.45) is 0 Å². The normalized spacial score (nSPS) is 13.2. The van der Waals surface area contributed by atoms with E-state index in [1.165, 1.54) is 109 Å². The number of hydrogen-bond donors (Lipinski definition) is 0. The molecule has 0 radical (unpaired) electrons. The Hall–Kier alpha value is -6.50. The Morgan fingerprint density at radius 2 is 0.755 bits per heavy atom. The quantitative estimate of drug-likeness (QED) is 0.129. The molecule has 0 aromatic heterocycles. The number of benzene rings is 10. The minimum atomic E-state index is -0.168. The van der Waals surface area contributed by atoms with E-state index in [1.54, 1.807) is 0 Å². The highest BCUT2D eigenvalue weighted by Crippen LogP contribution is 2.56. The van der Waals surface area contributed by atoms with Crippen molar-refractivity contribution in [3.05, 3.63) is 193 Å². The Labute approximate surface area is 309 Å². The highest BCUT2D eigenvalue weighted by Gasteiger charge is 2.38. The van der Waals surface area contributed by atoms with Crippen LogP contribution in [0.15, 0.2) is 182 Å². The molecule has 0 saturated carbocycles. The van der Waals surface area contributed by atoms with Crippen molar-refractivity contribution in [2.45, 2.75) is 19.3 Å². The smallest absolute Gasteiger partial charge is 0.0165 e. The average molecular weight is 673 g/mol. The predicted molar refractivity (Wildman–Crippen MR) is 228 cm³/mol. The Morgan fingerprint density at radius 1 is 0.302 bits per heavy atom. The second-order valence-corrected chi connectivity index (χ2v) is 15.2. The Balaban J connectivity index is 1.14. The van der Waals surface area contributed by atoms with E-state index in [4.69, 9.17) is 0 Å². The topological polar surface area (TPSA) is 0 Å². The third-order valence-corrected chi connectivity index (χ3v) is 12.0. The lowest BCUT2D eigenvalue weighted by molar-refractivity contribution is 0.667. The van der Waals surface area contributed by atoms with Crippen molar-refractivity contribution in [3.8, 4) is 44.5 Å². The van der Waals surface area contributed by atoms with Crippen LogP contribution in [-0.2, 0) is 5.41 Å². The van der Waals surface area contributed by atoms with Crippen LogP contribution in [0.4, 0.5) is 0 Å². The molecule has 1 aliphatic carbocycles. The molecule has 0 bridgehead atoms. The van der Waals surface area contributed by atoms with Crippen LogP contribution < -0.4 is 0 Å². The van der Waals surface area contributed by atoms with Crippen molar-refractivity contribution in [3.63, 3.8) is 0 Å². The van der Waals surface area contributed by atoms with Gasteiger partial charge in [-0.05, 0) is 128 Å². The van der Waals surface area contributed by atoms with E-state index >= 15 is 0 Å². The summed E-state index contributed by atoms with van der Waals surface area (Å²) in [5, 5.41) is 13.0. The van der Waals surface area contributed by atoms with Gasteiger partial charge in [0, 0.05) is 5.41 Å². The lowest BCUT2D eigenvalue weighted by Crippen LogP contribution is -2.15. The zero-order valence-electron chi connectivity index (χ0n) is 29.8. The molecule has 0 heteroatoms. The van der Waals surface area contributed by atoms with Crippen LogP contribution >= 0.6 is 0 Å². The minimum absolute atomic E-state index is 0.168. The van der Waals surface area contributed by atoms with Gasteiger partial charge in [0.15, 0.2) is 0 Å². The Morgan fingerprint density at radius 3 is 1.40 bits per heavy atom. The van der Waals surface area contributed by atoms with E-state index in [-0.39, 0.29) is 5.41 Å². The molecule has 0 aliphatic heterocycles. The number of hydrogen-bond acceptors (Lipinski definition) is 0. The van der Waals surface area contributed by atoms with E-state index in [1.807, 2.05) is 0 Å². The summed E-state index contributed by atoms with van der Waals surface area (Å²) < 4.78 is 0. The monoisotopic (exact) mass is 672 g/mol. The fourth-order valence-corrected chi connectivity index (χ4v) is 9.61. The van der Waals surface area contributed by atoms with Crippen LogP contribution in [-0.4, -0.2) is 0 Å². The zero-order valence-corrected chi connectivity index (χ0v) is 29.8. The van der Waals surface area contributed by atoms with Gasteiger partial charge in [0.1, 0.15) is 0 Å². The molecule has 248 valence electrons. The first-order chi connectivity index (χ1) is 26.1. The van der Waals surface area contributed by atoms with Gasteiger partial charge < -0.3 is 0 Å². The molecule has 0 N–H and O–H groups in total. The molecule has 0 saturated heterocycles. The van der Waals surface area contributed by atoms with Gasteiger partial charge in [0.25, 0.3) is 0 Å². The minimum Gasteiger partial charge on any atom is -0.0616 e. The fourth-order valence-electron chi connectivity index (χ4n) is 9.61. The maximum Gasteiger partial charge on any atom is 0.0165 e. The number of rotatable bonds is 3. The van der Waals surface area contributed by atoms with Crippen molar-refractivity contribution in [2.75, 3.05) is 0 Å². The molecule has 10 aromatic carbocycles. The molecule has 0 fully saturated rings. The van der Waals surface area contributed by atoms with E-state index in [2.05, 4.69) is 196 Å². The molecule has 0 amide bonds. The van der Waals surface area contributed by atoms with Gasteiger partial charge in [-0.1, -0.05) is 178 Å². The van der Waals surface area contributed by atoms with E-state index in [9.17, 15) is 0 Å². The number of fused-ring (bicyclic) bond motifs is 11. The predicted octanol–water partition coefficient (Wildman–Crippen LogP) is 14.8. The lowest BCUT2D eigenvalue weighted by atomic mass is 9.78. The summed E-state index contributed by atoms with van der Waals surface area (Å²) >= 11 is 0. The van der Waals surface area contributed by atoms with Crippen molar-refractivity contribution < 1.29 is 0 Å². The SMILES string of the molecule is CC1(C)c2cc(-c3c4ccccc4c(-c4cccc(-c5ccc6ccccc6c5)c4)c4ccccc34)ccc2-c2c1c1ccccc1c1ccccc21. The van der Waals surface area contributed by atoms with Crippen LogP contribution in [0.2, 0.25) is 0 Å². The van der Waals surface area contributed by atoms with Gasteiger partial charge in [-0.2, -0.15) is 0 Å². The maximum absolute atomic E-state index is 2.51. The molecule has 1 aliphatic rings. The molecule has 0 nitrogen and oxygen atoms in total. The molecule has 0 heterocycles. The molecule has 53 heavy (non-hydrogen) atoms. The van der Waals surface area contributed by atoms with Crippen LogP contribution in [0.1, 0.15) is 25.0 Å². The Bertz CT molecular complexity index is 3080. The lowest BCUT2D eigenvalue weighted by Gasteiger charge is -2.25. The molecule has 0 spiro atoms. The summed E-state index contributed by atoms with van der Waals surface area (Å²) in [5.41, 5.74) is 13.0. The van der Waals surface area contributed by atoms with Gasteiger partial charge in [-0.15, -0.1) is 0 Å². The second-order valence-electron chi connectivity index (χ2n) is 15.2. The summed E-state index contributed by atoms with van der Waals surface area (Å²) in [6, 6.07) is 67.8. The summed E-state index contributed by atoms with van der Waals surface area (Å²) in [5.74, 6) is 0. The van der Waals surface area contributed by atoms with E-state index in [0.29, 0.717) is 0 Å². The first-order valence-electron chi connectivity index (χ1n) is 18.7. The summed E-state index contributed by atoms with van der Waals surface area (Å²) in [4.78, 5) is 0. The van der Waals surface area contributed by atoms with Gasteiger partial charge >= 0.3 is 0 Å². The summed E-state index contributed by atoms with van der Waals surface area (Å²) in [6.45, 7) is 4.84. The largest absolute Gasteiger partial charge is 0.0616 e. The first-order valence-corrected chi connectivity index (χ1v) is 18.7. The van der Waals surface area contributed by atoms with Crippen LogP contribution in [0.5, 0.6) is 0 Å².